The lowest BCUT2D eigenvalue weighted by Gasteiger charge is -2.07. The van der Waals surface area contributed by atoms with Crippen LogP contribution in [0.15, 0.2) is 70.1 Å². The molecule has 0 fully saturated rings. The number of rotatable bonds is 7. The van der Waals surface area contributed by atoms with E-state index < -0.39 is 0 Å². The minimum absolute atomic E-state index is 0.957. The number of allylic oxidation sites excluding steroid dienone is 9. The van der Waals surface area contributed by atoms with E-state index in [1.807, 2.05) is 13.0 Å². The summed E-state index contributed by atoms with van der Waals surface area (Å²) in [7, 11) is 0. The van der Waals surface area contributed by atoms with Crippen molar-refractivity contribution in [3.05, 3.63) is 70.1 Å². The van der Waals surface area contributed by atoms with Gasteiger partial charge in [0.25, 0.3) is 0 Å². The van der Waals surface area contributed by atoms with E-state index in [4.69, 9.17) is 0 Å². The second-order valence-corrected chi connectivity index (χ2v) is 5.77. The van der Waals surface area contributed by atoms with Crippen molar-refractivity contribution < 1.29 is 0 Å². The van der Waals surface area contributed by atoms with Crippen LogP contribution in [-0.4, -0.2) is 0 Å². The van der Waals surface area contributed by atoms with Crippen LogP contribution in [0.3, 0.4) is 0 Å². The minimum Gasteiger partial charge on any atom is -0.103 e. The topological polar surface area (TPSA) is 0 Å². The van der Waals surface area contributed by atoms with Gasteiger partial charge in [0, 0.05) is 0 Å². The maximum atomic E-state index is 3.90. The number of hydrogen-bond acceptors (Lipinski definition) is 1. The second kappa shape index (κ2) is 9.69. The molecule has 0 aliphatic carbocycles. The number of thioether (sulfide) groups is 1. The Morgan fingerprint density at radius 2 is 1.74 bits per heavy atom. The average Bonchev–Trinajstić information content (AvgIpc) is 2.39. The fourth-order valence-electron chi connectivity index (χ4n) is 1.61. The highest BCUT2D eigenvalue weighted by Gasteiger charge is 1.99. The molecule has 104 valence electrons. The summed E-state index contributed by atoms with van der Waals surface area (Å²) in [5.74, 6) is 0. The van der Waals surface area contributed by atoms with Gasteiger partial charge in [0.15, 0.2) is 0 Å². The van der Waals surface area contributed by atoms with Gasteiger partial charge in [-0.05, 0) is 68.1 Å². The van der Waals surface area contributed by atoms with Crippen LogP contribution in [0.1, 0.15) is 41.0 Å². The molecule has 0 aliphatic heterocycles. The van der Waals surface area contributed by atoms with Gasteiger partial charge in [0.1, 0.15) is 0 Å². The van der Waals surface area contributed by atoms with Gasteiger partial charge in [0.2, 0.25) is 0 Å². The normalized spacial score (nSPS) is 14.6. The minimum atomic E-state index is 0.957. The first kappa shape index (κ1) is 17.8. The molecule has 0 saturated carbocycles. The summed E-state index contributed by atoms with van der Waals surface area (Å²) in [6, 6.07) is 0. The molecule has 0 nitrogen and oxygen atoms in total. The third kappa shape index (κ3) is 7.74. The van der Waals surface area contributed by atoms with E-state index in [9.17, 15) is 0 Å². The predicted molar refractivity (Wildman–Crippen MR) is 92.2 cm³/mol. The first-order valence-corrected chi connectivity index (χ1v) is 7.43. The van der Waals surface area contributed by atoms with Crippen LogP contribution in [0, 0.1) is 0 Å². The monoisotopic (exact) mass is 274 g/mol. The predicted octanol–water partition coefficient (Wildman–Crippen LogP) is 6.57. The van der Waals surface area contributed by atoms with Gasteiger partial charge in [-0.25, -0.2) is 0 Å². The maximum Gasteiger partial charge on any atom is -0.00700 e. The zero-order valence-electron chi connectivity index (χ0n) is 12.9. The summed E-state index contributed by atoms with van der Waals surface area (Å²) >= 11 is 1.68. The average molecular weight is 274 g/mol. The van der Waals surface area contributed by atoms with Crippen LogP contribution in [-0.2, 0) is 0 Å². The van der Waals surface area contributed by atoms with E-state index >= 15 is 0 Å². The van der Waals surface area contributed by atoms with Gasteiger partial charge >= 0.3 is 0 Å². The van der Waals surface area contributed by atoms with E-state index in [1.165, 1.54) is 22.3 Å². The van der Waals surface area contributed by atoms with Crippen molar-refractivity contribution in [2.75, 3.05) is 0 Å². The molecule has 19 heavy (non-hydrogen) atoms. The smallest absolute Gasteiger partial charge is 0.00700 e. The van der Waals surface area contributed by atoms with Crippen molar-refractivity contribution >= 4 is 11.8 Å². The molecule has 0 aromatic carbocycles. The lowest BCUT2D eigenvalue weighted by molar-refractivity contribution is 1.14. The van der Waals surface area contributed by atoms with Crippen molar-refractivity contribution in [2.24, 2.45) is 0 Å². The lowest BCUT2D eigenvalue weighted by Crippen LogP contribution is -1.86. The molecule has 0 amide bonds. The highest BCUT2D eigenvalue weighted by atomic mass is 32.2. The Hall–Kier alpha value is -1.21. The molecular weight excluding hydrogens is 248 g/mol. The van der Waals surface area contributed by atoms with Crippen molar-refractivity contribution in [3.8, 4) is 0 Å². The molecular formula is C18H26S. The molecule has 0 radical (unpaired) electrons. The lowest BCUT2D eigenvalue weighted by atomic mass is 10.0. The standard InChI is InChI=1S/C18H26S/c1-8-17(9-2)11-15(6)12-18(10-3)16(7)13-19-14(4)5/h8-10,12-13H,1,4,11H2,2-3,5-7H3/b15-12+,16-13+,17-9+,18-10+. The van der Waals surface area contributed by atoms with Crippen molar-refractivity contribution in [1.82, 2.24) is 0 Å². The van der Waals surface area contributed by atoms with Crippen LogP contribution in [0.5, 0.6) is 0 Å². The van der Waals surface area contributed by atoms with E-state index in [0.717, 1.165) is 11.3 Å². The Morgan fingerprint density at radius 1 is 1.11 bits per heavy atom. The summed E-state index contributed by atoms with van der Waals surface area (Å²) < 4.78 is 0. The first-order chi connectivity index (χ1) is 8.94. The molecule has 1 heteroatoms. The first-order valence-electron chi connectivity index (χ1n) is 6.55. The highest BCUT2D eigenvalue weighted by Crippen LogP contribution is 2.22. The Morgan fingerprint density at radius 3 is 2.16 bits per heavy atom. The summed E-state index contributed by atoms with van der Waals surface area (Å²) in [5.41, 5.74) is 5.15. The highest BCUT2D eigenvalue weighted by molar-refractivity contribution is 8.05. The maximum absolute atomic E-state index is 3.90. The van der Waals surface area contributed by atoms with Gasteiger partial charge < -0.3 is 0 Å². The van der Waals surface area contributed by atoms with Gasteiger partial charge in [-0.15, -0.1) is 11.8 Å². The van der Waals surface area contributed by atoms with Crippen LogP contribution in [0.4, 0.5) is 0 Å². The molecule has 0 bridgehead atoms. The molecule has 0 spiro atoms. The summed E-state index contributed by atoms with van der Waals surface area (Å²) in [4.78, 5) is 1.11. The van der Waals surface area contributed by atoms with Crippen molar-refractivity contribution in [3.63, 3.8) is 0 Å². The van der Waals surface area contributed by atoms with Gasteiger partial charge in [0.05, 0.1) is 0 Å². The molecule has 0 aliphatic rings. The Kier molecular flexibility index (Phi) is 9.07. The van der Waals surface area contributed by atoms with Crippen molar-refractivity contribution in [1.29, 1.82) is 0 Å². The molecule has 0 aromatic heterocycles. The van der Waals surface area contributed by atoms with Crippen molar-refractivity contribution in [2.45, 2.75) is 41.0 Å². The van der Waals surface area contributed by atoms with Crippen LogP contribution >= 0.6 is 11.8 Å². The van der Waals surface area contributed by atoms with E-state index in [1.54, 1.807) is 11.8 Å². The molecule has 0 aromatic rings. The summed E-state index contributed by atoms with van der Waals surface area (Å²) in [6.07, 6.45) is 9.39. The quantitative estimate of drug-likeness (QED) is 0.473. The van der Waals surface area contributed by atoms with E-state index in [2.05, 4.69) is 64.5 Å². The fourth-order valence-corrected chi connectivity index (χ4v) is 2.13. The van der Waals surface area contributed by atoms with E-state index in [0.29, 0.717) is 0 Å². The molecule has 0 N–H and O–H groups in total. The molecule has 0 unspecified atom stereocenters. The Balaban J connectivity index is 4.94. The van der Waals surface area contributed by atoms with Crippen LogP contribution < -0.4 is 0 Å². The van der Waals surface area contributed by atoms with Gasteiger partial charge in [-0.3, -0.25) is 0 Å². The Labute approximate surface area is 123 Å². The van der Waals surface area contributed by atoms with E-state index in [-0.39, 0.29) is 0 Å². The molecule has 0 rings (SSSR count). The van der Waals surface area contributed by atoms with Gasteiger partial charge in [-0.2, -0.15) is 0 Å². The fraction of sp³-hybridized carbons (Fsp3) is 0.333. The Bertz CT molecular complexity index is 442. The van der Waals surface area contributed by atoms with Crippen LogP contribution in [0.2, 0.25) is 0 Å². The zero-order valence-corrected chi connectivity index (χ0v) is 13.7. The molecule has 0 atom stereocenters. The zero-order chi connectivity index (χ0) is 14.8. The third-order valence-corrected chi connectivity index (χ3v) is 3.59. The van der Waals surface area contributed by atoms with Crippen LogP contribution in [0.25, 0.3) is 0 Å². The summed E-state index contributed by atoms with van der Waals surface area (Å²) in [5, 5.41) is 2.16. The number of hydrogen-bond donors (Lipinski definition) is 0. The molecule has 0 saturated heterocycles. The second-order valence-electron chi connectivity index (χ2n) is 4.60. The SMILES string of the molecule is C=C/C(=C\C)C/C(C)=C/C(=C\C)C(/C)=C/SC(=C)C. The van der Waals surface area contributed by atoms with Gasteiger partial charge in [-0.1, -0.05) is 43.0 Å². The largest absolute Gasteiger partial charge is 0.103 e. The third-order valence-electron chi connectivity index (χ3n) is 2.72. The summed E-state index contributed by atoms with van der Waals surface area (Å²) in [6.45, 7) is 18.2. The molecule has 0 heterocycles.